The molecule has 10 aliphatic heterocycles. The van der Waals surface area contributed by atoms with E-state index >= 15 is 0 Å². The third kappa shape index (κ3) is 0.223. The van der Waals surface area contributed by atoms with E-state index in [1.807, 2.05) is 0 Å². The second-order valence-corrected chi connectivity index (χ2v) is 40.0. The van der Waals surface area contributed by atoms with Crippen molar-refractivity contribution in [3.63, 3.8) is 0 Å². The molecule has 12 atom stereocenters. The topological polar surface area (TPSA) is 0 Å². The molecule has 10 saturated heterocycles. The van der Waals surface area contributed by atoms with Crippen LogP contribution in [0.5, 0.6) is 0 Å². The van der Waals surface area contributed by atoms with Crippen LogP contribution in [0.25, 0.3) is 0 Å². The molecule has 12 unspecified atom stereocenters. The normalized spacial score (nSPS) is 91.5. The van der Waals surface area contributed by atoms with Gasteiger partial charge in [-0.25, -0.2) is 0 Å². The predicted molar refractivity (Wildman–Crippen MR) is 92.8 cm³/mol. The van der Waals surface area contributed by atoms with Gasteiger partial charge in [-0.15, -0.1) is 0 Å². The SMILES string of the molecule is FCCC(F)CP[C]12[CH]3[CH]4[CH]5[CH]1[Fe]45321678[CH]2[CH]1[CH]6[C]7(PCC(F)CCF)[CH]28. The van der Waals surface area contributed by atoms with Crippen molar-refractivity contribution >= 4 is 17.2 Å². The van der Waals surface area contributed by atoms with Gasteiger partial charge < -0.3 is 0 Å². The van der Waals surface area contributed by atoms with E-state index in [0.29, 0.717) is 20.4 Å². The molecule has 0 saturated carbocycles. The Morgan fingerprint density at radius 1 is 0.720 bits per heavy atom. The molecule has 10 fully saturated rings. The molecule has 0 aromatic carbocycles. The fourth-order valence-corrected chi connectivity index (χ4v) is 120. The number of rotatable bonds is 10. The molecule has 0 aliphatic carbocycles. The predicted octanol–water partition coefficient (Wildman–Crippen LogP) is 5.94. The molecule has 0 aromatic rings. The maximum absolute atomic E-state index is 14.1. The van der Waals surface area contributed by atoms with E-state index in [4.69, 9.17) is 0 Å². The van der Waals surface area contributed by atoms with Gasteiger partial charge in [0.2, 0.25) is 0 Å². The van der Waals surface area contributed by atoms with Crippen molar-refractivity contribution in [2.75, 3.05) is 25.7 Å². The first-order valence-corrected chi connectivity index (χ1v) is 18.6. The van der Waals surface area contributed by atoms with E-state index in [1.54, 1.807) is 0 Å². The Bertz CT molecular complexity index is 1050. The van der Waals surface area contributed by atoms with Gasteiger partial charge in [-0.2, -0.15) is 0 Å². The van der Waals surface area contributed by atoms with Crippen molar-refractivity contribution in [2.24, 2.45) is 0 Å². The minimum absolute atomic E-state index is 0.0935. The molecule has 10 heterocycles. The standard InChI is InChI=1S/2C9H12F2P.Fe/c2*10-6-5-8(11)7-12-9-3-1-2-4-9;/h2*1-4,8,12H,5-7H2;. The second-order valence-electron chi connectivity index (χ2n) is 12.7. The van der Waals surface area contributed by atoms with Crippen molar-refractivity contribution in [1.82, 2.24) is 0 Å². The van der Waals surface area contributed by atoms with Gasteiger partial charge in [-0.3, -0.25) is 0 Å². The zero-order valence-corrected chi connectivity index (χ0v) is 17.0. The van der Waals surface area contributed by atoms with E-state index < -0.39 is 32.2 Å². The molecule has 0 N–H and O–H groups in total. The van der Waals surface area contributed by atoms with Crippen LogP contribution in [0.4, 0.5) is 17.6 Å². The zero-order chi connectivity index (χ0) is 16.7. The summed E-state index contributed by atoms with van der Waals surface area (Å²) in [6, 6.07) is 0. The number of hydrogen-bond acceptors (Lipinski definition) is 0. The van der Waals surface area contributed by atoms with Crippen LogP contribution >= 0.6 is 17.2 Å². The number of alkyl halides is 4. The van der Waals surface area contributed by atoms with E-state index in [-0.39, 0.29) is 12.8 Å². The van der Waals surface area contributed by atoms with Crippen LogP contribution in [0, 0.1) is 0 Å². The van der Waals surface area contributed by atoms with Crippen molar-refractivity contribution in [3.05, 3.63) is 0 Å². The summed E-state index contributed by atoms with van der Waals surface area (Å²) in [5.41, 5.74) is 0. The monoisotopic (exact) mass is 434 g/mol. The third-order valence-corrected chi connectivity index (χ3v) is 72.3. The Labute approximate surface area is 138 Å². The van der Waals surface area contributed by atoms with Crippen LogP contribution in [-0.2, 0) is 6.51 Å². The van der Waals surface area contributed by atoms with Crippen molar-refractivity contribution in [2.45, 2.75) is 71.8 Å². The third-order valence-electron chi connectivity index (χ3n) is 16.8. The molecule has 0 bridgehead atoms. The Balaban J connectivity index is 1.09. The molecule has 0 radical (unpaired) electrons. The first-order chi connectivity index (χ1) is 11.8. The van der Waals surface area contributed by atoms with Crippen LogP contribution in [0.2, 0.25) is 38.5 Å². The molecule has 10 rings (SSSR count). The molecular weight excluding hydrogens is 410 g/mol. The summed E-state index contributed by atoms with van der Waals surface area (Å²) in [5, 5.41) is 0. The summed E-state index contributed by atoms with van der Waals surface area (Å²) in [7, 11) is 1.56. The number of fused-ring (bicyclic) bond motifs is 10. The molecule has 0 nitrogen and oxygen atoms in total. The van der Waals surface area contributed by atoms with E-state index in [0.717, 1.165) is 55.7 Å². The van der Waals surface area contributed by atoms with Gasteiger partial charge in [0.25, 0.3) is 0 Å². The van der Waals surface area contributed by atoms with Crippen LogP contribution in [0.3, 0.4) is 0 Å². The van der Waals surface area contributed by atoms with E-state index in [2.05, 4.69) is 0 Å². The average Bonchev–Trinajstić information content (AvgIpc) is 3.53. The summed E-state index contributed by atoms with van der Waals surface area (Å²) in [6.07, 6.45) is -0.406. The molecule has 7 heteroatoms. The van der Waals surface area contributed by atoms with Gasteiger partial charge in [-0.1, -0.05) is 0 Å². The number of halogens is 4. The first-order valence-electron chi connectivity index (χ1n) is 9.95. The summed E-state index contributed by atoms with van der Waals surface area (Å²) >= 11 is 0. The minimum atomic E-state index is -3.50. The molecule has 25 heavy (non-hydrogen) atoms. The Morgan fingerprint density at radius 3 is 1.36 bits per heavy atom. The van der Waals surface area contributed by atoms with E-state index in [1.165, 1.54) is 0 Å². The van der Waals surface area contributed by atoms with Gasteiger partial charge in [0, 0.05) is 0 Å². The van der Waals surface area contributed by atoms with Gasteiger partial charge in [-0.05, 0) is 0 Å². The molecule has 0 amide bonds. The fourth-order valence-electron chi connectivity index (χ4n) is 18.5. The summed E-state index contributed by atoms with van der Waals surface area (Å²) < 4.78 is 54.4. The summed E-state index contributed by atoms with van der Waals surface area (Å²) in [6.45, 7) is -4.55. The summed E-state index contributed by atoms with van der Waals surface area (Å²) in [4.78, 5) is 8.86. The zero-order valence-electron chi connectivity index (χ0n) is 13.9. The maximum atomic E-state index is 14.1. The average molecular weight is 434 g/mol. The van der Waals surface area contributed by atoms with Gasteiger partial charge >= 0.3 is 139 Å². The van der Waals surface area contributed by atoms with Crippen molar-refractivity contribution in [1.29, 1.82) is 0 Å². The Morgan fingerprint density at radius 2 is 1.08 bits per heavy atom. The Hall–Kier alpha value is 1.10. The van der Waals surface area contributed by atoms with Crippen LogP contribution in [0.1, 0.15) is 12.8 Å². The van der Waals surface area contributed by atoms with Crippen LogP contribution in [0.15, 0.2) is 0 Å². The molecule has 10 aliphatic rings. The van der Waals surface area contributed by atoms with Crippen LogP contribution in [-0.4, -0.2) is 46.1 Å². The van der Waals surface area contributed by atoms with Gasteiger partial charge in [0.1, 0.15) is 0 Å². The molecular formula is C18H24F4FeP2. The quantitative estimate of drug-likeness (QED) is 0.227. The van der Waals surface area contributed by atoms with Crippen molar-refractivity contribution in [3.8, 4) is 0 Å². The second kappa shape index (κ2) is 1.58. The molecule has 1 spiro atoms. The molecule has 142 valence electrons. The first kappa shape index (κ1) is 13.3. The number of hydrogen-bond donors (Lipinski definition) is 0. The fraction of sp³-hybridized carbons (Fsp3) is 1.00. The van der Waals surface area contributed by atoms with Crippen LogP contribution < -0.4 is 0 Å². The Kier molecular flexibility index (Phi) is 0.843. The van der Waals surface area contributed by atoms with E-state index in [9.17, 15) is 17.6 Å². The molecule has 0 aromatic heterocycles. The van der Waals surface area contributed by atoms with Gasteiger partial charge in [0.15, 0.2) is 0 Å². The van der Waals surface area contributed by atoms with Crippen molar-refractivity contribution < 1.29 is 24.1 Å². The van der Waals surface area contributed by atoms with Gasteiger partial charge in [0.05, 0.1) is 0 Å². The summed E-state index contributed by atoms with van der Waals surface area (Å²) in [5.74, 6) is 0.